The molecule has 0 radical (unpaired) electrons. The van der Waals surface area contributed by atoms with Crippen molar-refractivity contribution >= 4 is 29.0 Å². The molecule has 30 heavy (non-hydrogen) atoms. The summed E-state index contributed by atoms with van der Waals surface area (Å²) < 4.78 is 6.86. The van der Waals surface area contributed by atoms with E-state index < -0.39 is 0 Å². The Balaban J connectivity index is 1.48. The van der Waals surface area contributed by atoms with Gasteiger partial charge in [-0.05, 0) is 73.5 Å². The summed E-state index contributed by atoms with van der Waals surface area (Å²) in [5, 5.41) is 16.4. The maximum atomic E-state index is 12.4. The smallest absolute Gasteiger partial charge is 0.234 e. The summed E-state index contributed by atoms with van der Waals surface area (Å²) in [4.78, 5) is 12.4. The van der Waals surface area contributed by atoms with E-state index in [9.17, 15) is 4.79 Å². The highest BCUT2D eigenvalue weighted by Gasteiger charge is 2.12. The van der Waals surface area contributed by atoms with Gasteiger partial charge in [-0.2, -0.15) is 9.61 Å². The third-order valence-electron chi connectivity index (χ3n) is 4.74. The lowest BCUT2D eigenvalue weighted by Gasteiger charge is -2.07. The number of benzene rings is 2. The Kier molecular flexibility index (Phi) is 5.67. The topological polar surface area (TPSA) is 81.4 Å². The minimum absolute atomic E-state index is 0.105. The second kappa shape index (κ2) is 8.54. The molecule has 8 heteroatoms. The normalized spacial score (nSPS) is 10.9. The minimum atomic E-state index is -0.105. The van der Waals surface area contributed by atoms with Crippen LogP contribution in [-0.2, 0) is 4.79 Å². The van der Waals surface area contributed by atoms with Crippen molar-refractivity contribution < 1.29 is 9.53 Å². The van der Waals surface area contributed by atoms with Crippen LogP contribution in [0.15, 0.2) is 59.8 Å². The van der Waals surface area contributed by atoms with Gasteiger partial charge in [0.15, 0.2) is 5.65 Å². The highest BCUT2D eigenvalue weighted by Crippen LogP contribution is 2.23. The van der Waals surface area contributed by atoms with Crippen molar-refractivity contribution in [2.45, 2.75) is 19.0 Å². The largest absolute Gasteiger partial charge is 0.497 e. The van der Waals surface area contributed by atoms with E-state index in [0.717, 1.165) is 28.3 Å². The molecule has 1 N–H and O–H groups in total. The van der Waals surface area contributed by atoms with Gasteiger partial charge >= 0.3 is 0 Å². The second-order valence-corrected chi connectivity index (χ2v) is 7.78. The molecule has 1 amide bonds. The summed E-state index contributed by atoms with van der Waals surface area (Å²) in [6.07, 6.45) is 0. The van der Waals surface area contributed by atoms with E-state index in [1.54, 1.807) is 11.6 Å². The first kappa shape index (κ1) is 19.9. The highest BCUT2D eigenvalue weighted by molar-refractivity contribution is 7.99. The van der Waals surface area contributed by atoms with Gasteiger partial charge in [-0.25, -0.2) is 0 Å². The summed E-state index contributed by atoms with van der Waals surface area (Å²) in [6.45, 7) is 4.06. The summed E-state index contributed by atoms with van der Waals surface area (Å²) in [7, 11) is 1.64. The van der Waals surface area contributed by atoms with Crippen LogP contribution in [0.2, 0.25) is 0 Å². The lowest BCUT2D eigenvalue weighted by molar-refractivity contribution is -0.113. The molecule has 0 saturated heterocycles. The standard InChI is InChI=1S/C22H21N5O2S/c1-14-4-7-17(12-15(14)2)23-21(28)13-30-22-25-24-20-11-10-19(26-27(20)22)16-5-8-18(29-3)9-6-16/h4-12H,13H2,1-3H3,(H,23,28). The Labute approximate surface area is 178 Å². The summed E-state index contributed by atoms with van der Waals surface area (Å²) >= 11 is 1.30. The highest BCUT2D eigenvalue weighted by atomic mass is 32.2. The Bertz CT molecular complexity index is 1200. The number of rotatable bonds is 6. The number of carbonyl (C=O) groups excluding carboxylic acids is 1. The van der Waals surface area contributed by atoms with Crippen molar-refractivity contribution in [1.29, 1.82) is 0 Å². The van der Waals surface area contributed by atoms with E-state index in [2.05, 4.69) is 20.6 Å². The van der Waals surface area contributed by atoms with Crippen LogP contribution in [-0.4, -0.2) is 38.6 Å². The zero-order valence-corrected chi connectivity index (χ0v) is 17.7. The first-order valence-electron chi connectivity index (χ1n) is 9.40. The molecule has 152 valence electrons. The molecule has 0 aliphatic rings. The number of hydrogen-bond donors (Lipinski definition) is 1. The Hall–Kier alpha value is -3.39. The zero-order chi connectivity index (χ0) is 21.1. The molecule has 4 rings (SSSR count). The Morgan fingerprint density at radius 2 is 1.83 bits per heavy atom. The fourth-order valence-electron chi connectivity index (χ4n) is 2.92. The van der Waals surface area contributed by atoms with Gasteiger partial charge < -0.3 is 10.1 Å². The van der Waals surface area contributed by atoms with Crippen molar-refractivity contribution in [1.82, 2.24) is 19.8 Å². The molecular formula is C22H21N5O2S. The van der Waals surface area contributed by atoms with Gasteiger partial charge in [0.1, 0.15) is 5.75 Å². The number of nitrogens with one attached hydrogen (secondary N) is 1. The van der Waals surface area contributed by atoms with Gasteiger partial charge in [0, 0.05) is 11.3 Å². The van der Waals surface area contributed by atoms with Crippen LogP contribution in [0, 0.1) is 13.8 Å². The van der Waals surface area contributed by atoms with Crippen LogP contribution in [0.3, 0.4) is 0 Å². The molecule has 0 saturated carbocycles. The predicted molar refractivity (Wildman–Crippen MR) is 118 cm³/mol. The lowest BCUT2D eigenvalue weighted by atomic mass is 10.1. The van der Waals surface area contributed by atoms with Crippen molar-refractivity contribution in [3.63, 3.8) is 0 Å². The molecule has 2 heterocycles. The molecule has 0 bridgehead atoms. The molecule has 0 unspecified atom stereocenters. The van der Waals surface area contributed by atoms with Crippen LogP contribution in [0.5, 0.6) is 5.75 Å². The van der Waals surface area contributed by atoms with Crippen molar-refractivity contribution in [2.24, 2.45) is 0 Å². The summed E-state index contributed by atoms with van der Waals surface area (Å²) in [6, 6.07) is 17.3. The fraction of sp³-hybridized carbons (Fsp3) is 0.182. The average Bonchev–Trinajstić information content (AvgIpc) is 3.17. The van der Waals surface area contributed by atoms with Gasteiger partial charge in [0.05, 0.1) is 18.6 Å². The van der Waals surface area contributed by atoms with Gasteiger partial charge in [-0.1, -0.05) is 17.8 Å². The molecule has 0 spiro atoms. The number of nitrogens with zero attached hydrogens (tertiary/aromatic N) is 4. The van der Waals surface area contributed by atoms with Crippen molar-refractivity contribution in [3.8, 4) is 17.0 Å². The molecule has 0 atom stereocenters. The van der Waals surface area contributed by atoms with Crippen LogP contribution in [0.25, 0.3) is 16.9 Å². The van der Waals surface area contributed by atoms with E-state index in [1.807, 2.05) is 68.4 Å². The van der Waals surface area contributed by atoms with Gasteiger partial charge in [-0.3, -0.25) is 4.79 Å². The molecule has 2 aromatic heterocycles. The SMILES string of the molecule is COc1ccc(-c2ccc3nnc(SCC(=O)Nc4ccc(C)c(C)c4)n3n2)cc1. The maximum absolute atomic E-state index is 12.4. The van der Waals surface area contributed by atoms with Gasteiger partial charge in [0.2, 0.25) is 11.1 Å². The third kappa shape index (κ3) is 4.28. The predicted octanol–water partition coefficient (Wildman–Crippen LogP) is 4.15. The maximum Gasteiger partial charge on any atom is 0.234 e. The van der Waals surface area contributed by atoms with Gasteiger partial charge in [-0.15, -0.1) is 10.2 Å². The number of ether oxygens (including phenoxy) is 1. The zero-order valence-electron chi connectivity index (χ0n) is 16.9. The number of aromatic nitrogens is 4. The van der Waals surface area contributed by atoms with Gasteiger partial charge in [0.25, 0.3) is 0 Å². The van der Waals surface area contributed by atoms with Crippen LogP contribution >= 0.6 is 11.8 Å². The van der Waals surface area contributed by atoms with E-state index in [1.165, 1.54) is 17.3 Å². The number of carbonyl (C=O) groups is 1. The quantitative estimate of drug-likeness (QED) is 0.473. The van der Waals surface area contributed by atoms with Crippen LogP contribution in [0.4, 0.5) is 5.69 Å². The van der Waals surface area contributed by atoms with Crippen LogP contribution in [0.1, 0.15) is 11.1 Å². The number of fused-ring (bicyclic) bond motifs is 1. The molecule has 2 aromatic carbocycles. The first-order valence-corrected chi connectivity index (χ1v) is 10.4. The molecule has 0 fully saturated rings. The number of thioether (sulfide) groups is 1. The van der Waals surface area contributed by atoms with Crippen LogP contribution < -0.4 is 10.1 Å². The lowest BCUT2D eigenvalue weighted by Crippen LogP contribution is -2.14. The number of hydrogen-bond acceptors (Lipinski definition) is 6. The number of amides is 1. The number of aryl methyl sites for hydroxylation is 2. The van der Waals surface area contributed by atoms with E-state index in [0.29, 0.717) is 10.8 Å². The third-order valence-corrected chi connectivity index (χ3v) is 5.66. The Morgan fingerprint density at radius 1 is 1.03 bits per heavy atom. The van der Waals surface area contributed by atoms with E-state index >= 15 is 0 Å². The second-order valence-electron chi connectivity index (χ2n) is 6.84. The molecule has 7 nitrogen and oxygen atoms in total. The van der Waals surface area contributed by atoms with E-state index in [-0.39, 0.29) is 11.7 Å². The minimum Gasteiger partial charge on any atom is -0.497 e. The fourth-order valence-corrected chi connectivity index (χ4v) is 3.61. The summed E-state index contributed by atoms with van der Waals surface area (Å²) in [5.41, 5.74) is 5.48. The molecule has 0 aliphatic carbocycles. The van der Waals surface area contributed by atoms with E-state index in [4.69, 9.17) is 4.74 Å². The first-order chi connectivity index (χ1) is 14.5. The molecular weight excluding hydrogens is 398 g/mol. The number of anilines is 1. The molecule has 4 aromatic rings. The molecule has 0 aliphatic heterocycles. The van der Waals surface area contributed by atoms with Crippen molar-refractivity contribution in [3.05, 3.63) is 65.7 Å². The summed E-state index contributed by atoms with van der Waals surface area (Å²) in [5.74, 6) is 0.892. The average molecular weight is 420 g/mol. The monoisotopic (exact) mass is 419 g/mol. The Morgan fingerprint density at radius 3 is 2.57 bits per heavy atom. The van der Waals surface area contributed by atoms with Crippen molar-refractivity contribution in [2.75, 3.05) is 18.2 Å². The number of methoxy groups -OCH3 is 1.